The summed E-state index contributed by atoms with van der Waals surface area (Å²) in [5, 5.41) is 5.28. The van der Waals surface area contributed by atoms with Gasteiger partial charge in [-0.1, -0.05) is 36.4 Å². The maximum Gasteiger partial charge on any atom is 0.387 e. The number of benzene rings is 3. The molecule has 0 aliphatic carbocycles. The van der Waals surface area contributed by atoms with Gasteiger partial charge in [0, 0.05) is 28.8 Å². The fourth-order valence-electron chi connectivity index (χ4n) is 3.91. The van der Waals surface area contributed by atoms with Crippen LogP contribution in [0.1, 0.15) is 15.9 Å². The summed E-state index contributed by atoms with van der Waals surface area (Å²) in [5.41, 5.74) is 1.65. The van der Waals surface area contributed by atoms with Crippen molar-refractivity contribution >= 4 is 28.8 Å². The first-order chi connectivity index (χ1) is 19.4. The van der Waals surface area contributed by atoms with E-state index in [4.69, 9.17) is 9.15 Å². The number of nitrogens with zero attached hydrogens (tertiary/aromatic N) is 2. The third-order valence-corrected chi connectivity index (χ3v) is 5.81. The van der Waals surface area contributed by atoms with Gasteiger partial charge in [-0.3, -0.25) is 4.79 Å². The molecule has 40 heavy (non-hydrogen) atoms. The number of rotatable bonds is 9. The van der Waals surface area contributed by atoms with Gasteiger partial charge in [0.15, 0.2) is 12.4 Å². The lowest BCUT2D eigenvalue weighted by molar-refractivity contribution is -0.136. The van der Waals surface area contributed by atoms with E-state index in [9.17, 15) is 23.2 Å². The third-order valence-electron chi connectivity index (χ3n) is 5.81. The number of hydrogen-bond donors (Lipinski definition) is 0. The smallest absolute Gasteiger partial charge is 0.387 e. The normalized spacial score (nSPS) is 11.3. The van der Waals surface area contributed by atoms with Crippen LogP contribution in [0.25, 0.3) is 34.0 Å². The predicted octanol–water partition coefficient (Wildman–Crippen LogP) is 5.69. The Labute approximate surface area is 225 Å². The standard InChI is InChI=1S/C30H20F2N2O6/c31-30(32)39-23-13-10-19(11-14-23)25(35)18-38-27(36)15-12-21-17-34(22-7-2-1-3-8-22)33-28(21)24-16-20-6-4-5-9-26(20)40-29(24)37/h1-17,30H,18H2. The van der Waals surface area contributed by atoms with Crippen LogP contribution in [0.5, 0.6) is 5.75 Å². The Morgan fingerprint density at radius 2 is 1.70 bits per heavy atom. The number of alkyl halides is 2. The van der Waals surface area contributed by atoms with E-state index in [-0.39, 0.29) is 22.6 Å². The molecule has 0 fully saturated rings. The van der Waals surface area contributed by atoms with Crippen molar-refractivity contribution in [2.24, 2.45) is 0 Å². The van der Waals surface area contributed by atoms with Gasteiger partial charge < -0.3 is 13.9 Å². The van der Waals surface area contributed by atoms with Gasteiger partial charge in [0.05, 0.1) is 11.3 Å². The molecule has 0 bridgehead atoms. The minimum absolute atomic E-state index is 0.0984. The number of para-hydroxylation sites is 2. The number of carbonyl (C=O) groups excluding carboxylic acids is 2. The number of hydrogen-bond acceptors (Lipinski definition) is 7. The van der Waals surface area contributed by atoms with Gasteiger partial charge in [0.25, 0.3) is 0 Å². The molecule has 0 unspecified atom stereocenters. The average Bonchev–Trinajstić information content (AvgIpc) is 3.39. The van der Waals surface area contributed by atoms with E-state index in [2.05, 4.69) is 9.84 Å². The average molecular weight is 542 g/mol. The Balaban J connectivity index is 1.37. The number of fused-ring (bicyclic) bond motifs is 1. The first-order valence-corrected chi connectivity index (χ1v) is 12.0. The summed E-state index contributed by atoms with van der Waals surface area (Å²) in [5.74, 6) is -1.44. The van der Waals surface area contributed by atoms with Crippen LogP contribution in [-0.4, -0.2) is 34.8 Å². The molecule has 3 aromatic carbocycles. The molecule has 10 heteroatoms. The molecular weight excluding hydrogens is 522 g/mol. The van der Waals surface area contributed by atoms with Crippen molar-refractivity contribution < 1.29 is 32.3 Å². The number of ketones is 1. The molecule has 0 radical (unpaired) electrons. The molecule has 8 nitrogen and oxygen atoms in total. The highest BCUT2D eigenvalue weighted by Gasteiger charge is 2.17. The Morgan fingerprint density at radius 3 is 2.45 bits per heavy atom. The van der Waals surface area contributed by atoms with Gasteiger partial charge >= 0.3 is 18.2 Å². The van der Waals surface area contributed by atoms with Crippen molar-refractivity contribution in [2.45, 2.75) is 6.61 Å². The van der Waals surface area contributed by atoms with Gasteiger partial charge in [-0.25, -0.2) is 14.3 Å². The molecule has 5 rings (SSSR count). The molecule has 0 spiro atoms. The van der Waals surface area contributed by atoms with Crippen LogP contribution >= 0.6 is 0 Å². The van der Waals surface area contributed by atoms with Crippen LogP contribution in [0, 0.1) is 0 Å². The fraction of sp³-hybridized carbons (Fsp3) is 0.0667. The quantitative estimate of drug-likeness (QED) is 0.102. The predicted molar refractivity (Wildman–Crippen MR) is 142 cm³/mol. The first-order valence-electron chi connectivity index (χ1n) is 12.0. The molecule has 0 saturated heterocycles. The number of Topliss-reactive ketones (excluding diaryl/α,β-unsaturated/α-hetero) is 1. The molecule has 0 aliphatic rings. The number of ether oxygens (including phenoxy) is 2. The van der Waals surface area contributed by atoms with E-state index in [0.717, 1.165) is 11.8 Å². The number of halogens is 2. The highest BCUT2D eigenvalue weighted by Crippen LogP contribution is 2.25. The Morgan fingerprint density at radius 1 is 0.975 bits per heavy atom. The molecule has 0 atom stereocenters. The molecule has 0 N–H and O–H groups in total. The van der Waals surface area contributed by atoms with Crippen LogP contribution in [0.3, 0.4) is 0 Å². The van der Waals surface area contributed by atoms with Crippen molar-refractivity contribution in [3.8, 4) is 22.7 Å². The minimum atomic E-state index is -2.98. The lowest BCUT2D eigenvalue weighted by Gasteiger charge is -2.05. The van der Waals surface area contributed by atoms with Crippen molar-refractivity contribution in [3.63, 3.8) is 0 Å². The number of aromatic nitrogens is 2. The lowest BCUT2D eigenvalue weighted by Crippen LogP contribution is -2.12. The van der Waals surface area contributed by atoms with Crippen LogP contribution in [0.2, 0.25) is 0 Å². The molecule has 0 amide bonds. The van der Waals surface area contributed by atoms with Crippen LogP contribution in [0.15, 0.2) is 106 Å². The zero-order chi connectivity index (χ0) is 28.1. The van der Waals surface area contributed by atoms with E-state index in [1.807, 2.05) is 36.4 Å². The summed E-state index contributed by atoms with van der Waals surface area (Å²) in [7, 11) is 0. The Kier molecular flexibility index (Phi) is 7.58. The van der Waals surface area contributed by atoms with Crippen LogP contribution < -0.4 is 10.4 Å². The van der Waals surface area contributed by atoms with Gasteiger partial charge in [0.2, 0.25) is 0 Å². The second-order valence-electron chi connectivity index (χ2n) is 8.47. The highest BCUT2D eigenvalue weighted by molar-refractivity contribution is 5.99. The van der Waals surface area contributed by atoms with Crippen molar-refractivity contribution in [1.82, 2.24) is 9.78 Å². The zero-order valence-corrected chi connectivity index (χ0v) is 20.7. The maximum absolute atomic E-state index is 12.8. The second-order valence-corrected chi connectivity index (χ2v) is 8.47. The van der Waals surface area contributed by atoms with E-state index in [0.29, 0.717) is 16.5 Å². The van der Waals surface area contributed by atoms with Gasteiger partial charge in [-0.2, -0.15) is 13.9 Å². The van der Waals surface area contributed by atoms with Crippen molar-refractivity contribution in [1.29, 1.82) is 0 Å². The Hall–Kier alpha value is -5.38. The highest BCUT2D eigenvalue weighted by atomic mass is 19.3. The molecule has 200 valence electrons. The Bertz CT molecular complexity index is 1760. The molecule has 5 aromatic rings. The van der Waals surface area contributed by atoms with Crippen molar-refractivity contribution in [2.75, 3.05) is 6.61 Å². The number of carbonyl (C=O) groups is 2. The molecule has 0 saturated carbocycles. The topological polar surface area (TPSA) is 101 Å². The molecule has 2 heterocycles. The first kappa shape index (κ1) is 26.2. The monoisotopic (exact) mass is 542 g/mol. The summed E-state index contributed by atoms with van der Waals surface area (Å²) in [6.45, 7) is -3.55. The SMILES string of the molecule is O=C(C=Cc1cn(-c2ccccc2)nc1-c1cc2ccccc2oc1=O)OCC(=O)c1ccc(OC(F)F)cc1. The van der Waals surface area contributed by atoms with E-state index in [1.54, 1.807) is 35.1 Å². The lowest BCUT2D eigenvalue weighted by atomic mass is 10.1. The summed E-state index contributed by atoms with van der Waals surface area (Å²) >= 11 is 0. The molecule has 2 aromatic heterocycles. The van der Waals surface area contributed by atoms with Crippen LogP contribution in [-0.2, 0) is 9.53 Å². The fourth-order valence-corrected chi connectivity index (χ4v) is 3.91. The molecule has 0 aliphatic heterocycles. The molecular formula is C30H20F2N2O6. The number of esters is 1. The largest absolute Gasteiger partial charge is 0.454 e. The van der Waals surface area contributed by atoms with E-state index < -0.39 is 30.6 Å². The third kappa shape index (κ3) is 6.02. The van der Waals surface area contributed by atoms with Gasteiger partial charge in [0.1, 0.15) is 17.0 Å². The summed E-state index contributed by atoms with van der Waals surface area (Å²) < 4.78 is 40.9. The maximum atomic E-state index is 12.8. The second kappa shape index (κ2) is 11.6. The minimum Gasteiger partial charge on any atom is -0.454 e. The summed E-state index contributed by atoms with van der Waals surface area (Å²) in [6, 6.07) is 23.0. The summed E-state index contributed by atoms with van der Waals surface area (Å²) in [4.78, 5) is 37.6. The van der Waals surface area contributed by atoms with Crippen LogP contribution in [0.4, 0.5) is 8.78 Å². The summed E-state index contributed by atoms with van der Waals surface area (Å²) in [6.07, 6.45) is 4.20. The van der Waals surface area contributed by atoms with Gasteiger partial charge in [-0.15, -0.1) is 0 Å². The van der Waals surface area contributed by atoms with Gasteiger partial charge in [-0.05, 0) is 54.6 Å². The van der Waals surface area contributed by atoms with E-state index >= 15 is 0 Å². The van der Waals surface area contributed by atoms with Crippen molar-refractivity contribution in [3.05, 3.63) is 119 Å². The van der Waals surface area contributed by atoms with E-state index in [1.165, 1.54) is 30.3 Å². The zero-order valence-electron chi connectivity index (χ0n) is 20.7.